The lowest BCUT2D eigenvalue weighted by molar-refractivity contribution is -0.200. The molecule has 1 aliphatic rings. The SMILES string of the molecule is O=C(N[C@]1(C(F)(F)F)NC(=O)N(Cc2ccccc2Cl)C1=O)c1cccs1. The minimum absolute atomic E-state index is 0.0368. The molecule has 11 heteroatoms. The summed E-state index contributed by atoms with van der Waals surface area (Å²) in [6.45, 7) is -0.475. The maximum Gasteiger partial charge on any atom is 0.440 e. The Morgan fingerprint density at radius 3 is 2.52 bits per heavy atom. The average Bonchev–Trinajstić information content (AvgIpc) is 3.20. The third kappa shape index (κ3) is 3.37. The summed E-state index contributed by atoms with van der Waals surface area (Å²) in [6.07, 6.45) is -5.26. The molecule has 0 bridgehead atoms. The number of imide groups is 1. The summed E-state index contributed by atoms with van der Waals surface area (Å²) in [6, 6.07) is 7.59. The summed E-state index contributed by atoms with van der Waals surface area (Å²) in [4.78, 5) is 37.2. The molecule has 1 fully saturated rings. The molecule has 1 aromatic carbocycles. The number of carbonyl (C=O) groups excluding carboxylic acids is 3. The molecule has 3 rings (SSSR count). The number of hydrogen-bond donors (Lipinski definition) is 2. The Morgan fingerprint density at radius 2 is 1.93 bits per heavy atom. The zero-order chi connectivity index (χ0) is 19.8. The molecule has 0 saturated carbocycles. The first kappa shape index (κ1) is 19.2. The second kappa shape index (κ2) is 6.86. The average molecular weight is 418 g/mol. The van der Waals surface area contributed by atoms with Gasteiger partial charge in [0.05, 0.1) is 11.4 Å². The summed E-state index contributed by atoms with van der Waals surface area (Å²) in [5.74, 6) is -2.76. The van der Waals surface area contributed by atoms with E-state index >= 15 is 0 Å². The number of alkyl halides is 3. The van der Waals surface area contributed by atoms with Crippen molar-refractivity contribution in [2.24, 2.45) is 0 Å². The van der Waals surface area contributed by atoms with Gasteiger partial charge in [-0.3, -0.25) is 19.8 Å². The van der Waals surface area contributed by atoms with Gasteiger partial charge in [-0.05, 0) is 23.1 Å². The zero-order valence-corrected chi connectivity index (χ0v) is 14.9. The predicted octanol–water partition coefficient (Wildman–Crippen LogP) is 3.14. The second-order valence-corrected chi connectivity index (χ2v) is 6.95. The van der Waals surface area contributed by atoms with E-state index in [0.29, 0.717) is 4.90 Å². The van der Waals surface area contributed by atoms with Gasteiger partial charge in [0, 0.05) is 5.02 Å². The van der Waals surface area contributed by atoms with Gasteiger partial charge in [-0.2, -0.15) is 13.2 Å². The summed E-state index contributed by atoms with van der Waals surface area (Å²) < 4.78 is 41.2. The summed E-state index contributed by atoms with van der Waals surface area (Å²) in [5.41, 5.74) is -3.27. The first-order valence-electron chi connectivity index (χ1n) is 7.46. The molecule has 27 heavy (non-hydrogen) atoms. The fourth-order valence-corrected chi connectivity index (χ4v) is 3.32. The Morgan fingerprint density at radius 1 is 1.22 bits per heavy atom. The van der Waals surface area contributed by atoms with Gasteiger partial charge in [-0.15, -0.1) is 11.3 Å². The molecule has 2 N–H and O–H groups in total. The van der Waals surface area contributed by atoms with Crippen molar-refractivity contribution >= 4 is 40.8 Å². The number of carbonyl (C=O) groups is 3. The third-order valence-corrected chi connectivity index (χ3v) is 5.10. The molecule has 2 heterocycles. The highest BCUT2D eigenvalue weighted by molar-refractivity contribution is 7.12. The molecule has 0 radical (unpaired) electrons. The topological polar surface area (TPSA) is 78.5 Å². The molecule has 1 aromatic heterocycles. The Hall–Kier alpha value is -2.59. The van der Waals surface area contributed by atoms with Crippen LogP contribution in [0.25, 0.3) is 0 Å². The van der Waals surface area contributed by atoms with Gasteiger partial charge >= 0.3 is 12.2 Å². The van der Waals surface area contributed by atoms with Gasteiger partial charge in [0.25, 0.3) is 17.5 Å². The standard InChI is InChI=1S/C16H11ClF3N3O3S/c17-10-5-2-1-4-9(10)8-23-13(25)15(16(18,19)20,22-14(23)26)21-12(24)11-6-3-7-27-11/h1-7H,8H2,(H,21,24)(H,22,26)/t15-/m0/s1. The number of urea groups is 1. The Labute approximate surface area is 159 Å². The van der Waals surface area contributed by atoms with Crippen molar-refractivity contribution in [3.05, 3.63) is 57.2 Å². The number of rotatable bonds is 4. The van der Waals surface area contributed by atoms with E-state index in [2.05, 4.69) is 0 Å². The van der Waals surface area contributed by atoms with E-state index in [-0.39, 0.29) is 15.5 Å². The number of amides is 4. The smallest absolute Gasteiger partial charge is 0.313 e. The lowest BCUT2D eigenvalue weighted by atomic mass is 10.1. The molecule has 2 aromatic rings. The van der Waals surface area contributed by atoms with Crippen LogP contribution in [-0.4, -0.2) is 34.6 Å². The van der Waals surface area contributed by atoms with E-state index in [0.717, 1.165) is 11.3 Å². The van der Waals surface area contributed by atoms with Crippen molar-refractivity contribution < 1.29 is 27.6 Å². The number of benzene rings is 1. The van der Waals surface area contributed by atoms with Crippen molar-refractivity contribution in [1.82, 2.24) is 15.5 Å². The molecular formula is C16H11ClF3N3O3S. The maximum absolute atomic E-state index is 13.7. The minimum Gasteiger partial charge on any atom is -0.313 e. The fourth-order valence-electron chi connectivity index (χ4n) is 2.50. The summed E-state index contributed by atoms with van der Waals surface area (Å²) >= 11 is 6.85. The van der Waals surface area contributed by atoms with E-state index in [1.54, 1.807) is 22.8 Å². The highest BCUT2D eigenvalue weighted by Crippen LogP contribution is 2.35. The van der Waals surface area contributed by atoms with Crippen molar-refractivity contribution in [2.75, 3.05) is 0 Å². The van der Waals surface area contributed by atoms with Gasteiger partial charge in [-0.25, -0.2) is 4.79 Å². The maximum atomic E-state index is 13.7. The fraction of sp³-hybridized carbons (Fsp3) is 0.188. The third-order valence-electron chi connectivity index (χ3n) is 3.86. The number of hydrogen-bond acceptors (Lipinski definition) is 4. The van der Waals surface area contributed by atoms with Gasteiger partial charge in [0.2, 0.25) is 0 Å². The van der Waals surface area contributed by atoms with Crippen molar-refractivity contribution in [3.8, 4) is 0 Å². The van der Waals surface area contributed by atoms with Crippen LogP contribution in [0.3, 0.4) is 0 Å². The number of nitrogens with one attached hydrogen (secondary N) is 2. The monoisotopic (exact) mass is 417 g/mol. The first-order chi connectivity index (χ1) is 12.7. The Balaban J connectivity index is 1.93. The van der Waals surface area contributed by atoms with E-state index in [1.807, 2.05) is 0 Å². The van der Waals surface area contributed by atoms with Gasteiger partial charge in [-0.1, -0.05) is 35.9 Å². The minimum atomic E-state index is -5.26. The largest absolute Gasteiger partial charge is 0.440 e. The Kier molecular flexibility index (Phi) is 4.87. The molecule has 1 aliphatic heterocycles. The molecule has 1 saturated heterocycles. The van der Waals surface area contributed by atoms with Crippen LogP contribution in [0.2, 0.25) is 5.02 Å². The van der Waals surface area contributed by atoms with Crippen LogP contribution in [0.15, 0.2) is 41.8 Å². The molecule has 4 amide bonds. The molecule has 0 aliphatic carbocycles. The van der Waals surface area contributed by atoms with E-state index in [4.69, 9.17) is 11.6 Å². The molecule has 0 spiro atoms. The van der Waals surface area contributed by atoms with Crippen LogP contribution in [0, 0.1) is 0 Å². The molecule has 6 nitrogen and oxygen atoms in total. The molecule has 142 valence electrons. The van der Waals surface area contributed by atoms with Crippen LogP contribution in [0.4, 0.5) is 18.0 Å². The first-order valence-corrected chi connectivity index (χ1v) is 8.72. The number of nitrogens with zero attached hydrogens (tertiary/aromatic N) is 1. The quantitative estimate of drug-likeness (QED) is 0.750. The van der Waals surface area contributed by atoms with Crippen LogP contribution >= 0.6 is 22.9 Å². The van der Waals surface area contributed by atoms with Gasteiger partial charge < -0.3 is 5.32 Å². The number of halogens is 4. The van der Waals surface area contributed by atoms with Crippen LogP contribution in [-0.2, 0) is 11.3 Å². The van der Waals surface area contributed by atoms with Crippen molar-refractivity contribution in [3.63, 3.8) is 0 Å². The normalized spacial score (nSPS) is 19.9. The van der Waals surface area contributed by atoms with E-state index < -0.39 is 36.2 Å². The van der Waals surface area contributed by atoms with Crippen molar-refractivity contribution in [1.29, 1.82) is 0 Å². The predicted molar refractivity (Wildman–Crippen MR) is 91.1 cm³/mol. The van der Waals surface area contributed by atoms with E-state index in [9.17, 15) is 27.6 Å². The lowest BCUT2D eigenvalue weighted by Crippen LogP contribution is -2.69. The molecule has 0 unspecified atom stereocenters. The van der Waals surface area contributed by atoms with Crippen LogP contribution < -0.4 is 10.6 Å². The highest BCUT2D eigenvalue weighted by atomic mass is 35.5. The molecular weight excluding hydrogens is 407 g/mol. The van der Waals surface area contributed by atoms with Crippen molar-refractivity contribution in [2.45, 2.75) is 18.4 Å². The lowest BCUT2D eigenvalue weighted by Gasteiger charge is -2.29. The van der Waals surface area contributed by atoms with Crippen LogP contribution in [0.5, 0.6) is 0 Å². The van der Waals surface area contributed by atoms with E-state index in [1.165, 1.54) is 29.6 Å². The van der Waals surface area contributed by atoms with Gasteiger partial charge in [0.1, 0.15) is 0 Å². The Bertz CT molecular complexity index is 904. The number of thiophene rings is 1. The summed E-state index contributed by atoms with van der Waals surface area (Å²) in [7, 11) is 0. The second-order valence-electron chi connectivity index (χ2n) is 5.59. The summed E-state index contributed by atoms with van der Waals surface area (Å²) in [5, 5.41) is 4.90. The molecule has 1 atom stereocenters. The zero-order valence-electron chi connectivity index (χ0n) is 13.3. The highest BCUT2D eigenvalue weighted by Gasteiger charge is 2.68. The van der Waals surface area contributed by atoms with Crippen LogP contribution in [0.1, 0.15) is 15.2 Å². The van der Waals surface area contributed by atoms with Gasteiger partial charge in [0.15, 0.2) is 0 Å².